The van der Waals surface area contributed by atoms with Crippen molar-refractivity contribution < 1.29 is 0 Å². The van der Waals surface area contributed by atoms with E-state index in [9.17, 15) is 0 Å². The summed E-state index contributed by atoms with van der Waals surface area (Å²) in [5, 5.41) is 1.18. The molecule has 1 aliphatic heterocycles. The summed E-state index contributed by atoms with van der Waals surface area (Å²) in [7, 11) is 0. The largest absolute Gasteiger partial charge is 0.302 e. The highest BCUT2D eigenvalue weighted by Crippen LogP contribution is 2.35. The van der Waals surface area contributed by atoms with Crippen LogP contribution >= 0.6 is 15.9 Å². The van der Waals surface area contributed by atoms with Gasteiger partial charge >= 0.3 is 0 Å². The Morgan fingerprint density at radius 3 is 2.24 bits per heavy atom. The maximum Gasteiger partial charge on any atom is 0.0100 e. The van der Waals surface area contributed by atoms with E-state index in [-0.39, 0.29) is 0 Å². The second kappa shape index (κ2) is 7.78. The molecule has 17 heavy (non-hydrogen) atoms. The molecule has 0 amide bonds. The average Bonchev–Trinajstić information content (AvgIpc) is 2.77. The fourth-order valence-electron chi connectivity index (χ4n) is 3.38. The Morgan fingerprint density at radius 2 is 1.82 bits per heavy atom. The fourth-order valence-corrected chi connectivity index (χ4v) is 4.12. The summed E-state index contributed by atoms with van der Waals surface area (Å²) in [6.45, 7) is 11.0. The first-order chi connectivity index (χ1) is 8.19. The number of hydrogen-bond acceptors (Lipinski definition) is 1. The van der Waals surface area contributed by atoms with Crippen molar-refractivity contribution in [2.24, 2.45) is 11.3 Å². The Morgan fingerprint density at radius 1 is 1.18 bits per heavy atom. The minimum absolute atomic E-state index is 0.534. The van der Waals surface area contributed by atoms with E-state index in [1.807, 2.05) is 0 Å². The molecule has 1 nitrogen and oxygen atoms in total. The van der Waals surface area contributed by atoms with Crippen LogP contribution in [0.25, 0.3) is 0 Å². The van der Waals surface area contributed by atoms with E-state index in [0.717, 1.165) is 5.92 Å². The number of likely N-dealkylation sites (tertiary alicyclic amines) is 1. The Labute approximate surface area is 116 Å². The summed E-state index contributed by atoms with van der Waals surface area (Å²) < 4.78 is 0. The van der Waals surface area contributed by atoms with Gasteiger partial charge in [-0.3, -0.25) is 0 Å². The zero-order valence-corrected chi connectivity index (χ0v) is 13.6. The zero-order valence-electron chi connectivity index (χ0n) is 12.0. The monoisotopic (exact) mass is 303 g/mol. The molecule has 1 atom stereocenters. The summed E-state index contributed by atoms with van der Waals surface area (Å²) >= 11 is 3.79. The third-order valence-corrected chi connectivity index (χ3v) is 5.54. The normalized spacial score (nSPS) is 22.2. The molecule has 0 aromatic carbocycles. The van der Waals surface area contributed by atoms with Gasteiger partial charge < -0.3 is 4.90 Å². The van der Waals surface area contributed by atoms with Crippen LogP contribution in [0.4, 0.5) is 0 Å². The quantitative estimate of drug-likeness (QED) is 0.588. The molecule has 1 saturated heterocycles. The van der Waals surface area contributed by atoms with E-state index in [0.29, 0.717) is 5.41 Å². The molecule has 0 aliphatic carbocycles. The molecule has 1 fully saturated rings. The van der Waals surface area contributed by atoms with Gasteiger partial charge in [0.05, 0.1) is 0 Å². The summed E-state index contributed by atoms with van der Waals surface area (Å²) in [4.78, 5) is 2.72. The van der Waals surface area contributed by atoms with Gasteiger partial charge in [0.25, 0.3) is 0 Å². The standard InChI is InChI=1S/C15H30BrN/c1-4-8-15(12-16,9-5-2)13-17-10-7-14(6-3)11-17/h14H,4-13H2,1-3H3. The lowest BCUT2D eigenvalue weighted by atomic mass is 9.81. The number of halogens is 1. The van der Waals surface area contributed by atoms with Gasteiger partial charge in [-0.2, -0.15) is 0 Å². The van der Waals surface area contributed by atoms with Gasteiger partial charge in [-0.25, -0.2) is 0 Å². The van der Waals surface area contributed by atoms with E-state index in [4.69, 9.17) is 0 Å². The zero-order chi connectivity index (χ0) is 12.7. The molecule has 1 rings (SSSR count). The highest BCUT2D eigenvalue weighted by Gasteiger charge is 2.32. The minimum Gasteiger partial charge on any atom is -0.302 e. The maximum atomic E-state index is 3.79. The Bertz CT molecular complexity index is 199. The molecule has 0 N–H and O–H groups in total. The van der Waals surface area contributed by atoms with Crippen LogP contribution in [0.15, 0.2) is 0 Å². The van der Waals surface area contributed by atoms with Crippen molar-refractivity contribution in [1.82, 2.24) is 4.90 Å². The molecule has 0 saturated carbocycles. The lowest BCUT2D eigenvalue weighted by molar-refractivity contribution is 0.166. The molecular formula is C15H30BrN. The molecule has 1 heterocycles. The van der Waals surface area contributed by atoms with Crippen molar-refractivity contribution >= 4 is 15.9 Å². The Kier molecular flexibility index (Phi) is 7.10. The van der Waals surface area contributed by atoms with E-state index in [1.54, 1.807) is 0 Å². The van der Waals surface area contributed by atoms with E-state index >= 15 is 0 Å². The highest BCUT2D eigenvalue weighted by molar-refractivity contribution is 9.09. The number of nitrogens with zero attached hydrogens (tertiary/aromatic N) is 1. The van der Waals surface area contributed by atoms with Crippen molar-refractivity contribution in [3.8, 4) is 0 Å². The first-order valence-electron chi connectivity index (χ1n) is 7.48. The predicted octanol–water partition coefficient (Wildman–Crippen LogP) is 4.70. The Hall–Kier alpha value is 0.440. The molecular weight excluding hydrogens is 274 g/mol. The van der Waals surface area contributed by atoms with Gasteiger partial charge in [0.15, 0.2) is 0 Å². The van der Waals surface area contributed by atoms with Crippen LogP contribution < -0.4 is 0 Å². The van der Waals surface area contributed by atoms with Gasteiger partial charge in [0, 0.05) is 18.4 Å². The lowest BCUT2D eigenvalue weighted by Crippen LogP contribution is -2.38. The lowest BCUT2D eigenvalue weighted by Gasteiger charge is -2.36. The predicted molar refractivity (Wildman–Crippen MR) is 80.9 cm³/mol. The van der Waals surface area contributed by atoms with Crippen molar-refractivity contribution in [3.05, 3.63) is 0 Å². The van der Waals surface area contributed by atoms with Crippen LogP contribution in [0.2, 0.25) is 0 Å². The van der Waals surface area contributed by atoms with Crippen LogP contribution in [-0.4, -0.2) is 29.9 Å². The highest BCUT2D eigenvalue weighted by atomic mass is 79.9. The van der Waals surface area contributed by atoms with Gasteiger partial charge in [-0.15, -0.1) is 0 Å². The minimum atomic E-state index is 0.534. The topological polar surface area (TPSA) is 3.24 Å². The summed E-state index contributed by atoms with van der Waals surface area (Å²) in [6.07, 6.45) is 8.17. The fraction of sp³-hybridized carbons (Fsp3) is 1.00. The van der Waals surface area contributed by atoms with E-state index in [1.165, 1.54) is 63.5 Å². The molecule has 1 aliphatic rings. The van der Waals surface area contributed by atoms with Crippen molar-refractivity contribution in [2.75, 3.05) is 25.0 Å². The van der Waals surface area contributed by atoms with Crippen LogP contribution in [0.1, 0.15) is 59.3 Å². The van der Waals surface area contributed by atoms with E-state index < -0.39 is 0 Å². The second-order valence-electron chi connectivity index (χ2n) is 5.93. The molecule has 1 unspecified atom stereocenters. The molecule has 0 aromatic rings. The van der Waals surface area contributed by atoms with Crippen LogP contribution in [0.3, 0.4) is 0 Å². The molecule has 2 heteroatoms. The van der Waals surface area contributed by atoms with Gasteiger partial charge in [0.2, 0.25) is 0 Å². The first-order valence-corrected chi connectivity index (χ1v) is 8.60. The average molecular weight is 304 g/mol. The summed E-state index contributed by atoms with van der Waals surface area (Å²) in [5.74, 6) is 0.964. The molecule has 0 bridgehead atoms. The third-order valence-electron chi connectivity index (χ3n) is 4.35. The van der Waals surface area contributed by atoms with E-state index in [2.05, 4.69) is 41.6 Å². The van der Waals surface area contributed by atoms with Crippen molar-refractivity contribution in [3.63, 3.8) is 0 Å². The Balaban J connectivity index is 2.53. The first kappa shape index (κ1) is 15.5. The molecule has 0 aromatic heterocycles. The van der Waals surface area contributed by atoms with Gasteiger partial charge in [-0.05, 0) is 37.1 Å². The van der Waals surface area contributed by atoms with Crippen molar-refractivity contribution in [1.29, 1.82) is 0 Å². The number of rotatable bonds is 8. The second-order valence-corrected chi connectivity index (χ2v) is 6.49. The van der Waals surface area contributed by atoms with Crippen LogP contribution in [0, 0.1) is 11.3 Å². The molecule has 0 spiro atoms. The molecule has 102 valence electrons. The maximum absolute atomic E-state index is 3.79. The van der Waals surface area contributed by atoms with Gasteiger partial charge in [0.1, 0.15) is 0 Å². The SMILES string of the molecule is CCCC(CBr)(CCC)CN1CCC(CC)C1. The van der Waals surface area contributed by atoms with Gasteiger partial charge in [-0.1, -0.05) is 56.0 Å². The third kappa shape index (κ3) is 4.55. The van der Waals surface area contributed by atoms with Crippen molar-refractivity contribution in [2.45, 2.75) is 59.3 Å². The summed E-state index contributed by atoms with van der Waals surface area (Å²) in [6, 6.07) is 0. The number of hydrogen-bond donors (Lipinski definition) is 0. The van der Waals surface area contributed by atoms with Crippen LogP contribution in [-0.2, 0) is 0 Å². The smallest absolute Gasteiger partial charge is 0.0100 e. The summed E-state index contributed by atoms with van der Waals surface area (Å²) in [5.41, 5.74) is 0.534. The van der Waals surface area contributed by atoms with Crippen LogP contribution in [0.5, 0.6) is 0 Å². The number of alkyl halides is 1. The molecule has 0 radical (unpaired) electrons.